The average Bonchev–Trinajstić information content (AvgIpc) is 3.04. The van der Waals surface area contributed by atoms with E-state index in [2.05, 4.69) is 20.5 Å². The Labute approximate surface area is 159 Å². The van der Waals surface area contributed by atoms with Crippen LogP contribution in [0.5, 0.6) is 0 Å². The number of aryl methyl sites for hydroxylation is 1. The number of nitrogens with one attached hydrogen (secondary N) is 1. The van der Waals surface area contributed by atoms with Crippen LogP contribution in [-0.2, 0) is 13.1 Å². The summed E-state index contributed by atoms with van der Waals surface area (Å²) in [5.41, 5.74) is 0.919. The second-order valence-electron chi connectivity index (χ2n) is 5.37. The van der Waals surface area contributed by atoms with E-state index < -0.39 is 0 Å². The predicted molar refractivity (Wildman–Crippen MR) is 104 cm³/mol. The molecule has 2 aromatic rings. The van der Waals surface area contributed by atoms with Gasteiger partial charge in [-0.3, -0.25) is 4.99 Å². The molecule has 132 valence electrons. The van der Waals surface area contributed by atoms with Crippen molar-refractivity contribution in [3.8, 4) is 0 Å². The van der Waals surface area contributed by atoms with Crippen molar-refractivity contribution < 1.29 is 4.39 Å². The molecule has 0 unspecified atom stereocenters. The highest BCUT2D eigenvalue weighted by Gasteiger charge is 2.06. The van der Waals surface area contributed by atoms with E-state index in [4.69, 9.17) is 0 Å². The maximum atomic E-state index is 13.2. The summed E-state index contributed by atoms with van der Waals surface area (Å²) >= 11 is 0. The Morgan fingerprint density at radius 2 is 2.04 bits per heavy atom. The molecule has 6 nitrogen and oxygen atoms in total. The van der Waals surface area contributed by atoms with Gasteiger partial charge in [-0.2, -0.15) is 0 Å². The van der Waals surface area contributed by atoms with E-state index in [0.29, 0.717) is 6.54 Å². The van der Waals surface area contributed by atoms with Gasteiger partial charge in [-0.25, -0.2) is 4.39 Å². The monoisotopic (exact) mass is 446 g/mol. The van der Waals surface area contributed by atoms with E-state index in [-0.39, 0.29) is 29.8 Å². The summed E-state index contributed by atoms with van der Waals surface area (Å²) in [5, 5.41) is 10.9. The van der Waals surface area contributed by atoms with E-state index in [1.807, 2.05) is 22.6 Å². The Kier molecular flexibility index (Phi) is 9.28. The molecule has 0 radical (unpaired) electrons. The van der Waals surface area contributed by atoms with Crippen molar-refractivity contribution >= 4 is 29.9 Å². The lowest BCUT2D eigenvalue weighted by atomic mass is 10.2. The number of aromatic nitrogens is 3. The Bertz CT molecular complexity index is 617. The highest BCUT2D eigenvalue weighted by molar-refractivity contribution is 14.0. The standard InChI is InChI=1S/C16H23FN6.HI/c1-18-16(19-8-3-4-9-23-12-20-21-13-23)22(2)11-14-6-5-7-15(17)10-14;/h5-7,10,12-13H,3-4,8-9,11H2,1-2H3,(H,18,19);1H. The Hall–Kier alpha value is -1.71. The normalized spacial score (nSPS) is 11.0. The minimum atomic E-state index is -0.215. The van der Waals surface area contributed by atoms with Gasteiger partial charge in [-0.1, -0.05) is 12.1 Å². The van der Waals surface area contributed by atoms with Gasteiger partial charge in [0.15, 0.2) is 5.96 Å². The quantitative estimate of drug-likeness (QED) is 0.308. The smallest absolute Gasteiger partial charge is 0.193 e. The van der Waals surface area contributed by atoms with Gasteiger partial charge in [-0.15, -0.1) is 34.2 Å². The Balaban J connectivity index is 0.00000288. The number of guanidine groups is 1. The Morgan fingerprint density at radius 1 is 1.29 bits per heavy atom. The third-order valence-electron chi connectivity index (χ3n) is 3.47. The van der Waals surface area contributed by atoms with Gasteiger partial charge in [0.2, 0.25) is 0 Å². The van der Waals surface area contributed by atoms with Crippen LogP contribution in [0.2, 0.25) is 0 Å². The lowest BCUT2D eigenvalue weighted by Gasteiger charge is -2.22. The largest absolute Gasteiger partial charge is 0.356 e. The van der Waals surface area contributed by atoms with Gasteiger partial charge in [0.25, 0.3) is 0 Å². The molecule has 1 aromatic heterocycles. The van der Waals surface area contributed by atoms with Crippen LogP contribution in [0.4, 0.5) is 4.39 Å². The molecule has 0 spiro atoms. The lowest BCUT2D eigenvalue weighted by Crippen LogP contribution is -2.38. The van der Waals surface area contributed by atoms with Gasteiger partial charge in [0.1, 0.15) is 18.5 Å². The fraction of sp³-hybridized carbons (Fsp3) is 0.438. The van der Waals surface area contributed by atoms with Crippen molar-refractivity contribution in [1.29, 1.82) is 0 Å². The van der Waals surface area contributed by atoms with Crippen LogP contribution < -0.4 is 5.32 Å². The van der Waals surface area contributed by atoms with Crippen molar-refractivity contribution in [3.05, 3.63) is 48.3 Å². The van der Waals surface area contributed by atoms with Gasteiger partial charge in [-0.05, 0) is 30.5 Å². The second-order valence-corrected chi connectivity index (χ2v) is 5.37. The molecule has 2 rings (SSSR count). The number of halogens is 2. The van der Waals surface area contributed by atoms with Crippen molar-refractivity contribution in [3.63, 3.8) is 0 Å². The number of nitrogens with zero attached hydrogens (tertiary/aromatic N) is 5. The van der Waals surface area contributed by atoms with Crippen LogP contribution in [0.1, 0.15) is 18.4 Å². The molecular formula is C16H24FIN6. The molecule has 0 atom stereocenters. The fourth-order valence-corrected chi connectivity index (χ4v) is 2.33. The summed E-state index contributed by atoms with van der Waals surface area (Å²) in [6.45, 7) is 2.35. The second kappa shape index (κ2) is 11.0. The van der Waals surface area contributed by atoms with Crippen molar-refractivity contribution in [2.24, 2.45) is 4.99 Å². The first-order valence-electron chi connectivity index (χ1n) is 7.67. The van der Waals surface area contributed by atoms with E-state index >= 15 is 0 Å². The highest BCUT2D eigenvalue weighted by atomic mass is 127. The van der Waals surface area contributed by atoms with Crippen LogP contribution in [0.25, 0.3) is 0 Å². The molecule has 0 saturated heterocycles. The summed E-state index contributed by atoms with van der Waals surface area (Å²) in [5.74, 6) is 0.589. The maximum absolute atomic E-state index is 13.2. The first-order valence-corrected chi connectivity index (χ1v) is 7.67. The van der Waals surface area contributed by atoms with Crippen molar-refractivity contribution in [2.45, 2.75) is 25.9 Å². The SMILES string of the molecule is CN=C(NCCCCn1cnnc1)N(C)Cc1cccc(F)c1.I. The zero-order chi connectivity index (χ0) is 16.5. The van der Waals surface area contributed by atoms with E-state index in [1.165, 1.54) is 6.07 Å². The number of hydrogen-bond acceptors (Lipinski definition) is 3. The van der Waals surface area contributed by atoms with Crippen molar-refractivity contribution in [2.75, 3.05) is 20.6 Å². The fourth-order valence-electron chi connectivity index (χ4n) is 2.33. The maximum Gasteiger partial charge on any atom is 0.193 e. The van der Waals surface area contributed by atoms with Gasteiger partial charge < -0.3 is 14.8 Å². The Morgan fingerprint density at radius 3 is 2.71 bits per heavy atom. The lowest BCUT2D eigenvalue weighted by molar-refractivity contribution is 0.471. The first kappa shape index (κ1) is 20.3. The van der Waals surface area contributed by atoms with Crippen LogP contribution >= 0.6 is 24.0 Å². The highest BCUT2D eigenvalue weighted by Crippen LogP contribution is 2.06. The van der Waals surface area contributed by atoms with Crippen LogP contribution in [0.3, 0.4) is 0 Å². The van der Waals surface area contributed by atoms with E-state index in [0.717, 1.165) is 37.5 Å². The zero-order valence-corrected chi connectivity index (χ0v) is 16.4. The molecule has 24 heavy (non-hydrogen) atoms. The zero-order valence-electron chi connectivity index (χ0n) is 14.0. The number of hydrogen-bond donors (Lipinski definition) is 1. The molecule has 1 N–H and O–H groups in total. The van der Waals surface area contributed by atoms with Crippen molar-refractivity contribution in [1.82, 2.24) is 25.0 Å². The molecule has 0 saturated carbocycles. The molecular weight excluding hydrogens is 422 g/mol. The topological polar surface area (TPSA) is 58.3 Å². The first-order chi connectivity index (χ1) is 11.2. The molecule has 0 amide bonds. The minimum absolute atomic E-state index is 0. The summed E-state index contributed by atoms with van der Waals surface area (Å²) in [6, 6.07) is 6.63. The summed E-state index contributed by atoms with van der Waals surface area (Å²) < 4.78 is 15.2. The average molecular weight is 446 g/mol. The third kappa shape index (κ3) is 6.81. The molecule has 0 aliphatic carbocycles. The molecule has 0 aliphatic rings. The van der Waals surface area contributed by atoms with E-state index in [1.54, 1.807) is 31.8 Å². The molecule has 1 aromatic carbocycles. The molecule has 0 fully saturated rings. The number of rotatable bonds is 7. The van der Waals surface area contributed by atoms with Gasteiger partial charge in [0, 0.05) is 33.7 Å². The third-order valence-corrected chi connectivity index (χ3v) is 3.47. The number of benzene rings is 1. The molecule has 8 heteroatoms. The van der Waals surface area contributed by atoms with Crippen LogP contribution in [0.15, 0.2) is 41.9 Å². The van der Waals surface area contributed by atoms with Crippen LogP contribution in [0, 0.1) is 5.82 Å². The number of unbranched alkanes of at least 4 members (excludes halogenated alkanes) is 1. The molecule has 1 heterocycles. The minimum Gasteiger partial charge on any atom is -0.356 e. The van der Waals surface area contributed by atoms with Gasteiger partial charge in [0.05, 0.1) is 0 Å². The molecule has 0 aliphatic heterocycles. The van der Waals surface area contributed by atoms with E-state index in [9.17, 15) is 4.39 Å². The predicted octanol–water partition coefficient (Wildman–Crippen LogP) is 2.52. The summed E-state index contributed by atoms with van der Waals surface area (Å²) in [6.07, 6.45) is 5.50. The molecule has 0 bridgehead atoms. The summed E-state index contributed by atoms with van der Waals surface area (Å²) in [4.78, 5) is 6.25. The summed E-state index contributed by atoms with van der Waals surface area (Å²) in [7, 11) is 3.69. The number of aliphatic imine (C=N–C) groups is 1. The van der Waals surface area contributed by atoms with Crippen LogP contribution in [-0.4, -0.2) is 46.3 Å². The van der Waals surface area contributed by atoms with Gasteiger partial charge >= 0.3 is 0 Å².